The molecule has 0 bridgehead atoms. The maximum Gasteiger partial charge on any atom is 0.188 e. The molecule has 1 rings (SSSR count). The van der Waals surface area contributed by atoms with Crippen molar-refractivity contribution in [2.45, 2.75) is 13.0 Å². The number of nitrogens with zero attached hydrogens (tertiary/aromatic N) is 1. The molecule has 0 radical (unpaired) electrons. The molecule has 0 aliphatic rings. The second-order valence-corrected chi connectivity index (χ2v) is 4.48. The van der Waals surface area contributed by atoms with Crippen LogP contribution in [0.15, 0.2) is 41.4 Å². The second-order valence-electron chi connectivity index (χ2n) is 4.07. The molecule has 19 heavy (non-hydrogen) atoms. The van der Waals surface area contributed by atoms with Crippen LogP contribution in [0, 0.1) is 0 Å². The second kappa shape index (κ2) is 9.17. The Hall–Kier alpha value is -0.790. The molecule has 0 spiro atoms. The number of rotatable bonds is 5. The monoisotopic (exact) mass is 395 g/mol. The average Bonchev–Trinajstić information content (AvgIpc) is 2.34. The molecule has 106 valence electrons. The highest BCUT2D eigenvalue weighted by Gasteiger charge is 2.10. The summed E-state index contributed by atoms with van der Waals surface area (Å²) in [5.74, 6) is 0.282. The minimum absolute atomic E-state index is 0. The molecule has 0 fully saturated rings. The van der Waals surface area contributed by atoms with E-state index in [0.29, 0.717) is 17.1 Å². The van der Waals surface area contributed by atoms with Crippen LogP contribution < -0.4 is 11.1 Å². The van der Waals surface area contributed by atoms with Crippen molar-refractivity contribution in [3.05, 3.63) is 47.0 Å². The van der Waals surface area contributed by atoms with Crippen LogP contribution in [-0.4, -0.2) is 24.2 Å². The van der Waals surface area contributed by atoms with E-state index in [2.05, 4.69) is 16.9 Å². The average molecular weight is 396 g/mol. The third kappa shape index (κ3) is 6.79. The zero-order valence-electron chi connectivity index (χ0n) is 10.8. The van der Waals surface area contributed by atoms with Gasteiger partial charge >= 0.3 is 0 Å². The first-order valence-corrected chi connectivity index (χ1v) is 5.99. The van der Waals surface area contributed by atoms with Gasteiger partial charge in [-0.25, -0.2) is 0 Å². The minimum atomic E-state index is -0.760. The molecular formula is C13H19ClIN3O. The standard InChI is InChI=1S/C13H18ClN3O.HI/c1-9(2)7-16-13(15)17-8-12(18)10-5-3-4-6-11(10)14;/h3-6,12,18H,1,7-8H2,2H3,(H3,15,16,17);1H. The van der Waals surface area contributed by atoms with Crippen molar-refractivity contribution in [3.63, 3.8) is 0 Å². The SMILES string of the molecule is C=C(C)CNC(N)=NCC(O)c1ccccc1Cl.I. The van der Waals surface area contributed by atoms with E-state index in [1.54, 1.807) is 12.1 Å². The van der Waals surface area contributed by atoms with Gasteiger partial charge in [0.25, 0.3) is 0 Å². The van der Waals surface area contributed by atoms with E-state index < -0.39 is 6.10 Å². The molecule has 1 unspecified atom stereocenters. The van der Waals surface area contributed by atoms with Crippen molar-refractivity contribution in [2.24, 2.45) is 10.7 Å². The lowest BCUT2D eigenvalue weighted by molar-refractivity contribution is 0.187. The number of nitrogens with one attached hydrogen (secondary N) is 1. The smallest absolute Gasteiger partial charge is 0.188 e. The lowest BCUT2D eigenvalue weighted by Crippen LogP contribution is -2.33. The zero-order chi connectivity index (χ0) is 13.5. The maximum absolute atomic E-state index is 9.94. The van der Waals surface area contributed by atoms with E-state index in [-0.39, 0.29) is 36.5 Å². The fourth-order valence-corrected chi connectivity index (χ4v) is 1.59. The molecule has 0 aromatic heterocycles. The van der Waals surface area contributed by atoms with Gasteiger partial charge in [0.15, 0.2) is 5.96 Å². The number of benzene rings is 1. The number of hydrogen-bond acceptors (Lipinski definition) is 2. The Morgan fingerprint density at radius 2 is 2.16 bits per heavy atom. The molecule has 4 nitrogen and oxygen atoms in total. The molecule has 0 amide bonds. The summed E-state index contributed by atoms with van der Waals surface area (Å²) in [6.45, 7) is 6.36. The first-order valence-electron chi connectivity index (χ1n) is 5.61. The van der Waals surface area contributed by atoms with E-state index in [1.807, 2.05) is 19.1 Å². The summed E-state index contributed by atoms with van der Waals surface area (Å²) in [6.07, 6.45) is -0.760. The summed E-state index contributed by atoms with van der Waals surface area (Å²) in [5, 5.41) is 13.3. The topological polar surface area (TPSA) is 70.6 Å². The fourth-order valence-electron chi connectivity index (χ4n) is 1.33. The number of nitrogens with two attached hydrogens (primary N) is 1. The Balaban J connectivity index is 0.00000324. The van der Waals surface area contributed by atoms with Crippen LogP contribution >= 0.6 is 35.6 Å². The van der Waals surface area contributed by atoms with Gasteiger partial charge in [-0.2, -0.15) is 0 Å². The van der Waals surface area contributed by atoms with Crippen LogP contribution in [0.1, 0.15) is 18.6 Å². The number of hydrogen-bond donors (Lipinski definition) is 3. The molecule has 0 aliphatic carbocycles. The van der Waals surface area contributed by atoms with Gasteiger partial charge in [-0.1, -0.05) is 42.0 Å². The van der Waals surface area contributed by atoms with E-state index in [1.165, 1.54) is 0 Å². The van der Waals surface area contributed by atoms with Gasteiger partial charge < -0.3 is 16.2 Å². The lowest BCUT2D eigenvalue weighted by Gasteiger charge is -2.11. The molecule has 1 aromatic rings. The summed E-state index contributed by atoms with van der Waals surface area (Å²) in [7, 11) is 0. The summed E-state index contributed by atoms with van der Waals surface area (Å²) >= 11 is 5.97. The van der Waals surface area contributed by atoms with Crippen LogP contribution in [0.25, 0.3) is 0 Å². The van der Waals surface area contributed by atoms with Crippen LogP contribution in [-0.2, 0) is 0 Å². The molecule has 0 saturated carbocycles. The predicted octanol–water partition coefficient (Wildman–Crippen LogP) is 2.47. The van der Waals surface area contributed by atoms with Crippen molar-refractivity contribution in [2.75, 3.05) is 13.1 Å². The molecule has 0 saturated heterocycles. The van der Waals surface area contributed by atoms with Crippen molar-refractivity contribution in [1.29, 1.82) is 0 Å². The zero-order valence-corrected chi connectivity index (χ0v) is 13.9. The molecular weight excluding hydrogens is 377 g/mol. The van der Waals surface area contributed by atoms with E-state index in [0.717, 1.165) is 5.57 Å². The third-order valence-electron chi connectivity index (χ3n) is 2.27. The molecule has 0 aliphatic heterocycles. The van der Waals surface area contributed by atoms with Crippen molar-refractivity contribution >= 4 is 41.5 Å². The van der Waals surface area contributed by atoms with Crippen LogP contribution in [0.5, 0.6) is 0 Å². The van der Waals surface area contributed by atoms with Gasteiger partial charge in [-0.05, 0) is 13.0 Å². The van der Waals surface area contributed by atoms with Gasteiger partial charge in [0.05, 0.1) is 6.54 Å². The first kappa shape index (κ1) is 18.2. The summed E-state index contributed by atoms with van der Waals surface area (Å²) < 4.78 is 0. The third-order valence-corrected chi connectivity index (χ3v) is 2.61. The van der Waals surface area contributed by atoms with Gasteiger partial charge in [-0.3, -0.25) is 4.99 Å². The Kier molecular flexibility index (Phi) is 8.79. The normalized spacial score (nSPS) is 12.5. The highest BCUT2D eigenvalue weighted by Crippen LogP contribution is 2.22. The summed E-state index contributed by atoms with van der Waals surface area (Å²) in [5.41, 5.74) is 7.25. The van der Waals surface area contributed by atoms with Gasteiger partial charge in [-0.15, -0.1) is 24.0 Å². The highest BCUT2D eigenvalue weighted by molar-refractivity contribution is 14.0. The van der Waals surface area contributed by atoms with Gasteiger partial charge in [0.2, 0.25) is 0 Å². The molecule has 6 heteroatoms. The lowest BCUT2D eigenvalue weighted by atomic mass is 10.1. The number of aliphatic hydroxyl groups excluding tert-OH is 1. The van der Waals surface area contributed by atoms with Crippen LogP contribution in [0.3, 0.4) is 0 Å². The number of halogens is 2. The fraction of sp³-hybridized carbons (Fsp3) is 0.308. The Morgan fingerprint density at radius 3 is 2.74 bits per heavy atom. The molecule has 1 atom stereocenters. The van der Waals surface area contributed by atoms with Crippen molar-refractivity contribution < 1.29 is 5.11 Å². The van der Waals surface area contributed by atoms with Gasteiger partial charge in [0.1, 0.15) is 6.10 Å². The predicted molar refractivity (Wildman–Crippen MR) is 91.1 cm³/mol. The molecule has 4 N–H and O–H groups in total. The maximum atomic E-state index is 9.94. The molecule has 0 heterocycles. The Morgan fingerprint density at radius 1 is 1.53 bits per heavy atom. The van der Waals surface area contributed by atoms with E-state index in [9.17, 15) is 5.11 Å². The van der Waals surface area contributed by atoms with Crippen molar-refractivity contribution in [1.82, 2.24) is 5.32 Å². The Labute approximate surface area is 135 Å². The number of aliphatic hydroxyl groups is 1. The Bertz CT molecular complexity index is 451. The summed E-state index contributed by atoms with van der Waals surface area (Å²) in [4.78, 5) is 4.05. The highest BCUT2D eigenvalue weighted by atomic mass is 127. The number of guanidine groups is 1. The number of aliphatic imine (C=N–C) groups is 1. The first-order chi connectivity index (χ1) is 8.50. The van der Waals surface area contributed by atoms with Gasteiger partial charge in [0, 0.05) is 17.1 Å². The summed E-state index contributed by atoms with van der Waals surface area (Å²) in [6, 6.07) is 7.12. The van der Waals surface area contributed by atoms with Crippen molar-refractivity contribution in [3.8, 4) is 0 Å². The quantitative estimate of drug-likeness (QED) is 0.310. The largest absolute Gasteiger partial charge is 0.386 e. The minimum Gasteiger partial charge on any atom is -0.386 e. The molecule has 1 aromatic carbocycles. The van der Waals surface area contributed by atoms with E-state index in [4.69, 9.17) is 17.3 Å². The van der Waals surface area contributed by atoms with Crippen LogP contribution in [0.4, 0.5) is 0 Å². The van der Waals surface area contributed by atoms with Crippen LogP contribution in [0.2, 0.25) is 5.02 Å². The van der Waals surface area contributed by atoms with E-state index >= 15 is 0 Å².